The van der Waals surface area contributed by atoms with Crippen LogP contribution in [0.1, 0.15) is 31.7 Å². The van der Waals surface area contributed by atoms with Gasteiger partial charge in [-0.3, -0.25) is 4.90 Å². The zero-order valence-corrected chi connectivity index (χ0v) is 14.4. The largest absolute Gasteiger partial charge is 0.494 e. The maximum Gasteiger partial charge on any atom is 0.154 e. The zero-order chi connectivity index (χ0) is 16.7. The van der Waals surface area contributed by atoms with Gasteiger partial charge in [0, 0.05) is 19.5 Å². The standard InChI is InChI=1S/C17H24N2O3S/c1-15-7-9-19(10-12-23(15,20)21)14-16-5-4-6-17(13-16)22-11-3-2-8-18/h4-6,13,15H,2-3,7,9-12,14H2,1H3/t15-/m0/s1. The van der Waals surface area contributed by atoms with Crippen molar-refractivity contribution < 1.29 is 13.2 Å². The molecule has 5 nitrogen and oxygen atoms in total. The molecular formula is C17H24N2O3S. The van der Waals surface area contributed by atoms with Crippen molar-refractivity contribution in [1.29, 1.82) is 5.26 Å². The van der Waals surface area contributed by atoms with Crippen molar-refractivity contribution in [3.05, 3.63) is 29.8 Å². The predicted octanol–water partition coefficient (Wildman–Crippen LogP) is 2.38. The van der Waals surface area contributed by atoms with E-state index in [-0.39, 0.29) is 11.0 Å². The molecule has 1 aliphatic rings. The van der Waals surface area contributed by atoms with Gasteiger partial charge in [-0.25, -0.2) is 8.42 Å². The molecule has 0 amide bonds. The predicted molar refractivity (Wildman–Crippen MR) is 89.9 cm³/mol. The molecule has 23 heavy (non-hydrogen) atoms. The topological polar surface area (TPSA) is 70.4 Å². The molecular weight excluding hydrogens is 312 g/mol. The molecule has 1 fully saturated rings. The highest BCUT2D eigenvalue weighted by Crippen LogP contribution is 2.18. The molecule has 1 heterocycles. The Morgan fingerprint density at radius 3 is 3.00 bits per heavy atom. The summed E-state index contributed by atoms with van der Waals surface area (Å²) in [6.07, 6.45) is 1.91. The summed E-state index contributed by atoms with van der Waals surface area (Å²) in [5.74, 6) is 1.04. The van der Waals surface area contributed by atoms with Gasteiger partial charge >= 0.3 is 0 Å². The molecule has 0 radical (unpaired) electrons. The number of ether oxygens (including phenoxy) is 1. The molecule has 0 unspecified atom stereocenters. The van der Waals surface area contributed by atoms with E-state index < -0.39 is 9.84 Å². The van der Waals surface area contributed by atoms with Crippen LogP contribution in [-0.4, -0.2) is 44.0 Å². The Kier molecular flexibility index (Phi) is 6.43. The lowest BCUT2D eigenvalue weighted by Gasteiger charge is -2.19. The van der Waals surface area contributed by atoms with E-state index in [1.807, 2.05) is 24.3 Å². The summed E-state index contributed by atoms with van der Waals surface area (Å²) >= 11 is 0. The first-order valence-corrected chi connectivity index (χ1v) is 9.75. The van der Waals surface area contributed by atoms with E-state index in [4.69, 9.17) is 10.00 Å². The quantitative estimate of drug-likeness (QED) is 0.746. The van der Waals surface area contributed by atoms with Crippen molar-refractivity contribution in [2.24, 2.45) is 0 Å². The third-order valence-electron chi connectivity index (χ3n) is 4.16. The minimum absolute atomic E-state index is 0.235. The van der Waals surface area contributed by atoms with Gasteiger partial charge in [-0.05, 0) is 44.0 Å². The van der Waals surface area contributed by atoms with Gasteiger partial charge in [-0.2, -0.15) is 5.26 Å². The van der Waals surface area contributed by atoms with Crippen molar-refractivity contribution in [2.45, 2.75) is 38.0 Å². The first-order chi connectivity index (χ1) is 11.0. The van der Waals surface area contributed by atoms with Crippen LogP contribution in [0.4, 0.5) is 0 Å². The van der Waals surface area contributed by atoms with Crippen LogP contribution in [0, 0.1) is 11.3 Å². The van der Waals surface area contributed by atoms with Crippen molar-refractivity contribution in [2.75, 3.05) is 25.4 Å². The molecule has 1 saturated heterocycles. The van der Waals surface area contributed by atoms with E-state index in [1.165, 1.54) is 0 Å². The minimum atomic E-state index is -2.94. The molecule has 6 heteroatoms. The fraction of sp³-hybridized carbons (Fsp3) is 0.588. The molecule has 0 saturated carbocycles. The Bertz CT molecular complexity index is 652. The van der Waals surface area contributed by atoms with Crippen molar-refractivity contribution in [3.8, 4) is 11.8 Å². The van der Waals surface area contributed by atoms with Gasteiger partial charge in [-0.1, -0.05) is 12.1 Å². The van der Waals surface area contributed by atoms with Crippen LogP contribution in [0.25, 0.3) is 0 Å². The lowest BCUT2D eigenvalue weighted by Crippen LogP contribution is -2.26. The van der Waals surface area contributed by atoms with Crippen LogP contribution < -0.4 is 4.74 Å². The van der Waals surface area contributed by atoms with Crippen LogP contribution in [-0.2, 0) is 16.4 Å². The molecule has 0 N–H and O–H groups in total. The van der Waals surface area contributed by atoms with E-state index >= 15 is 0 Å². The number of unbranched alkanes of at least 4 members (excludes halogenated alkanes) is 1. The molecule has 1 aromatic rings. The molecule has 0 bridgehead atoms. The Hall–Kier alpha value is -1.58. The molecule has 0 aromatic heterocycles. The molecule has 126 valence electrons. The molecule has 0 aliphatic carbocycles. The summed E-state index contributed by atoms with van der Waals surface area (Å²) < 4.78 is 29.6. The van der Waals surface area contributed by atoms with Crippen LogP contribution in [0.3, 0.4) is 0 Å². The summed E-state index contributed by atoms with van der Waals surface area (Å²) in [7, 11) is -2.94. The van der Waals surface area contributed by atoms with Gasteiger partial charge in [0.05, 0.1) is 23.7 Å². The second-order valence-electron chi connectivity index (χ2n) is 6.00. The SMILES string of the molecule is C[C@H]1CCN(Cc2cccc(OCCCC#N)c2)CCS1(=O)=O. The van der Waals surface area contributed by atoms with E-state index in [2.05, 4.69) is 11.0 Å². The summed E-state index contributed by atoms with van der Waals surface area (Å²) in [5, 5.41) is 8.27. The first kappa shape index (κ1) is 17.8. The van der Waals surface area contributed by atoms with Gasteiger partial charge < -0.3 is 4.74 Å². The van der Waals surface area contributed by atoms with Crippen LogP contribution >= 0.6 is 0 Å². The highest BCUT2D eigenvalue weighted by Gasteiger charge is 2.26. The van der Waals surface area contributed by atoms with Crippen molar-refractivity contribution in [3.63, 3.8) is 0 Å². The molecule has 2 rings (SSSR count). The van der Waals surface area contributed by atoms with E-state index in [0.29, 0.717) is 26.0 Å². The van der Waals surface area contributed by atoms with Gasteiger partial charge in [0.1, 0.15) is 5.75 Å². The van der Waals surface area contributed by atoms with E-state index in [9.17, 15) is 8.42 Å². The highest BCUT2D eigenvalue weighted by atomic mass is 32.2. The Morgan fingerprint density at radius 1 is 1.39 bits per heavy atom. The third-order valence-corrected chi connectivity index (χ3v) is 6.38. The monoisotopic (exact) mass is 336 g/mol. The number of nitrogens with zero attached hydrogens (tertiary/aromatic N) is 2. The summed E-state index contributed by atoms with van der Waals surface area (Å²) in [5.41, 5.74) is 1.12. The lowest BCUT2D eigenvalue weighted by atomic mass is 10.2. The average Bonchev–Trinajstić information content (AvgIpc) is 2.65. The maximum absolute atomic E-state index is 12.0. The number of sulfone groups is 1. The smallest absolute Gasteiger partial charge is 0.154 e. The number of hydrogen-bond donors (Lipinski definition) is 0. The lowest BCUT2D eigenvalue weighted by molar-refractivity contribution is 0.281. The minimum Gasteiger partial charge on any atom is -0.494 e. The second kappa shape index (κ2) is 8.32. The molecule has 1 aromatic carbocycles. The third kappa shape index (κ3) is 5.52. The highest BCUT2D eigenvalue weighted by molar-refractivity contribution is 7.92. The van der Waals surface area contributed by atoms with Crippen molar-refractivity contribution >= 4 is 9.84 Å². The van der Waals surface area contributed by atoms with Gasteiger partial charge in [0.25, 0.3) is 0 Å². The van der Waals surface area contributed by atoms with Crippen LogP contribution in [0.15, 0.2) is 24.3 Å². The number of nitriles is 1. The molecule has 1 aliphatic heterocycles. The molecule has 0 spiro atoms. The summed E-state index contributed by atoms with van der Waals surface area (Å²) in [4.78, 5) is 2.19. The number of benzene rings is 1. The fourth-order valence-electron chi connectivity index (χ4n) is 2.60. The van der Waals surface area contributed by atoms with Crippen LogP contribution in [0.2, 0.25) is 0 Å². The van der Waals surface area contributed by atoms with Gasteiger partial charge in [-0.15, -0.1) is 0 Å². The Balaban J connectivity index is 1.91. The summed E-state index contributed by atoms with van der Waals surface area (Å²) in [6.45, 7) is 4.45. The first-order valence-electron chi connectivity index (χ1n) is 8.04. The summed E-state index contributed by atoms with van der Waals surface area (Å²) in [6, 6.07) is 9.99. The van der Waals surface area contributed by atoms with Crippen molar-refractivity contribution in [1.82, 2.24) is 4.90 Å². The van der Waals surface area contributed by atoms with E-state index in [0.717, 1.165) is 30.8 Å². The zero-order valence-electron chi connectivity index (χ0n) is 13.6. The normalized spacial score (nSPS) is 21.3. The number of hydrogen-bond acceptors (Lipinski definition) is 5. The number of rotatable bonds is 6. The van der Waals surface area contributed by atoms with Gasteiger partial charge in [0.2, 0.25) is 0 Å². The van der Waals surface area contributed by atoms with E-state index in [1.54, 1.807) is 6.92 Å². The van der Waals surface area contributed by atoms with Crippen LogP contribution in [0.5, 0.6) is 5.75 Å². The maximum atomic E-state index is 12.0. The Morgan fingerprint density at radius 2 is 2.22 bits per heavy atom. The Labute approximate surface area is 138 Å². The fourth-order valence-corrected chi connectivity index (χ4v) is 3.98. The second-order valence-corrected chi connectivity index (χ2v) is 8.54. The van der Waals surface area contributed by atoms with Gasteiger partial charge in [0.15, 0.2) is 9.84 Å². The average molecular weight is 336 g/mol. The molecule has 1 atom stereocenters.